The van der Waals surface area contributed by atoms with Gasteiger partial charge in [0, 0.05) is 38.9 Å². The van der Waals surface area contributed by atoms with Crippen molar-refractivity contribution >= 4 is 11.6 Å². The number of anilines is 1. The summed E-state index contributed by atoms with van der Waals surface area (Å²) in [5, 5.41) is 3.01. The van der Waals surface area contributed by atoms with E-state index in [4.69, 9.17) is 4.74 Å². The number of para-hydroxylation sites is 1. The molecule has 138 valence electrons. The third-order valence-corrected chi connectivity index (χ3v) is 4.58. The van der Waals surface area contributed by atoms with Crippen LogP contribution in [-0.4, -0.2) is 56.7 Å². The molecule has 1 amide bonds. The number of hydrogen-bond donors (Lipinski definition) is 1. The molecule has 1 unspecified atom stereocenters. The Hall–Kier alpha value is -2.37. The van der Waals surface area contributed by atoms with E-state index in [0.29, 0.717) is 19.7 Å². The van der Waals surface area contributed by atoms with Crippen molar-refractivity contribution in [3.63, 3.8) is 0 Å². The van der Waals surface area contributed by atoms with Crippen LogP contribution >= 0.6 is 0 Å². The van der Waals surface area contributed by atoms with Gasteiger partial charge in [0.15, 0.2) is 0 Å². The first-order chi connectivity index (χ1) is 12.7. The molecule has 1 N–H and O–H groups in total. The Morgan fingerprint density at radius 3 is 2.58 bits per heavy atom. The minimum atomic E-state index is 0.0140. The molecule has 1 saturated heterocycles. The molecule has 1 atom stereocenters. The molecular formula is C21H27N3O2. The summed E-state index contributed by atoms with van der Waals surface area (Å²) in [6.45, 7) is 4.28. The third-order valence-electron chi connectivity index (χ3n) is 4.58. The number of hydrogen-bond acceptors (Lipinski definition) is 4. The van der Waals surface area contributed by atoms with Crippen molar-refractivity contribution in [1.82, 2.24) is 10.2 Å². The van der Waals surface area contributed by atoms with Crippen molar-refractivity contribution in [2.24, 2.45) is 0 Å². The van der Waals surface area contributed by atoms with Crippen LogP contribution < -0.4 is 10.2 Å². The lowest BCUT2D eigenvalue weighted by atomic mass is 10.2. The first kappa shape index (κ1) is 18.4. The van der Waals surface area contributed by atoms with E-state index < -0.39 is 0 Å². The van der Waals surface area contributed by atoms with Gasteiger partial charge in [-0.3, -0.25) is 9.69 Å². The van der Waals surface area contributed by atoms with Crippen molar-refractivity contribution < 1.29 is 9.53 Å². The predicted octanol–water partition coefficient (Wildman–Crippen LogP) is 2.14. The van der Waals surface area contributed by atoms with Gasteiger partial charge in [0.1, 0.15) is 0 Å². The summed E-state index contributed by atoms with van der Waals surface area (Å²) in [7, 11) is 1.92. The molecule has 2 aromatic carbocycles. The van der Waals surface area contributed by atoms with Gasteiger partial charge in [-0.05, 0) is 17.7 Å². The SMILES string of the molecule is CN(CC(=O)NCC1CN(Cc2ccccc2)CCO1)c1ccccc1. The van der Waals surface area contributed by atoms with Gasteiger partial charge in [-0.2, -0.15) is 0 Å². The topological polar surface area (TPSA) is 44.8 Å². The predicted molar refractivity (Wildman–Crippen MR) is 104 cm³/mol. The fourth-order valence-electron chi connectivity index (χ4n) is 3.16. The summed E-state index contributed by atoms with van der Waals surface area (Å²) < 4.78 is 5.82. The summed E-state index contributed by atoms with van der Waals surface area (Å²) in [5.41, 5.74) is 2.34. The van der Waals surface area contributed by atoms with Gasteiger partial charge < -0.3 is 15.0 Å². The van der Waals surface area contributed by atoms with E-state index >= 15 is 0 Å². The second-order valence-electron chi connectivity index (χ2n) is 6.71. The Morgan fingerprint density at radius 2 is 1.85 bits per heavy atom. The molecule has 5 heteroatoms. The van der Waals surface area contributed by atoms with Crippen molar-refractivity contribution in [1.29, 1.82) is 0 Å². The molecule has 1 aliphatic heterocycles. The lowest BCUT2D eigenvalue weighted by molar-refractivity contribution is -0.121. The van der Waals surface area contributed by atoms with Gasteiger partial charge in [0.2, 0.25) is 5.91 Å². The Labute approximate surface area is 155 Å². The highest BCUT2D eigenvalue weighted by molar-refractivity contribution is 5.81. The summed E-state index contributed by atoms with van der Waals surface area (Å²) in [4.78, 5) is 16.5. The van der Waals surface area contributed by atoms with Crippen LogP contribution in [0.25, 0.3) is 0 Å². The number of carbonyl (C=O) groups is 1. The number of carbonyl (C=O) groups excluding carboxylic acids is 1. The molecule has 1 fully saturated rings. The van der Waals surface area contributed by atoms with E-state index in [2.05, 4.69) is 34.5 Å². The van der Waals surface area contributed by atoms with E-state index in [1.54, 1.807) is 0 Å². The molecule has 0 aromatic heterocycles. The monoisotopic (exact) mass is 353 g/mol. The molecule has 1 heterocycles. The number of nitrogens with one attached hydrogen (secondary N) is 1. The molecule has 0 radical (unpaired) electrons. The van der Waals surface area contributed by atoms with Crippen LogP contribution in [0.1, 0.15) is 5.56 Å². The molecule has 0 aliphatic carbocycles. The average Bonchev–Trinajstić information content (AvgIpc) is 2.68. The standard InChI is InChI=1S/C21H27N3O2/c1-23(19-10-6-3-7-11-19)17-21(25)22-14-20-16-24(12-13-26-20)15-18-8-4-2-5-9-18/h2-11,20H,12-17H2,1H3,(H,22,25). The highest BCUT2D eigenvalue weighted by Crippen LogP contribution is 2.11. The number of amides is 1. The van der Waals surface area contributed by atoms with Gasteiger partial charge >= 0.3 is 0 Å². The molecule has 2 aromatic rings. The van der Waals surface area contributed by atoms with E-state index in [9.17, 15) is 4.79 Å². The Morgan fingerprint density at radius 1 is 1.15 bits per heavy atom. The maximum atomic E-state index is 12.2. The Kier molecular flexibility index (Phi) is 6.63. The molecule has 5 nitrogen and oxygen atoms in total. The van der Waals surface area contributed by atoms with E-state index in [0.717, 1.165) is 25.3 Å². The zero-order valence-electron chi connectivity index (χ0n) is 15.3. The maximum absolute atomic E-state index is 12.2. The van der Waals surface area contributed by atoms with Crippen molar-refractivity contribution in [3.8, 4) is 0 Å². The lowest BCUT2D eigenvalue weighted by Crippen LogP contribution is -2.48. The van der Waals surface area contributed by atoms with Crippen molar-refractivity contribution in [2.45, 2.75) is 12.6 Å². The molecule has 0 bridgehead atoms. The largest absolute Gasteiger partial charge is 0.374 e. The quantitative estimate of drug-likeness (QED) is 0.828. The molecular weight excluding hydrogens is 326 g/mol. The first-order valence-corrected chi connectivity index (χ1v) is 9.11. The maximum Gasteiger partial charge on any atom is 0.239 e. The van der Waals surface area contributed by atoms with Gasteiger partial charge in [0.05, 0.1) is 19.3 Å². The fraction of sp³-hybridized carbons (Fsp3) is 0.381. The van der Waals surface area contributed by atoms with Crippen molar-refractivity contribution in [3.05, 3.63) is 66.2 Å². The average molecular weight is 353 g/mol. The number of rotatable bonds is 7. The molecule has 0 spiro atoms. The van der Waals surface area contributed by atoms with Gasteiger partial charge in [-0.25, -0.2) is 0 Å². The third kappa shape index (κ3) is 5.58. The highest BCUT2D eigenvalue weighted by atomic mass is 16.5. The second kappa shape index (κ2) is 9.36. The van der Waals surface area contributed by atoms with Crippen LogP contribution in [0.4, 0.5) is 5.69 Å². The minimum Gasteiger partial charge on any atom is -0.374 e. The van der Waals surface area contributed by atoms with E-state index in [-0.39, 0.29) is 12.0 Å². The molecule has 1 aliphatic rings. The van der Waals surface area contributed by atoms with Gasteiger partial charge in [-0.15, -0.1) is 0 Å². The van der Waals surface area contributed by atoms with Crippen LogP contribution in [0.3, 0.4) is 0 Å². The molecule has 3 rings (SSSR count). The van der Waals surface area contributed by atoms with E-state index in [1.807, 2.05) is 48.3 Å². The first-order valence-electron chi connectivity index (χ1n) is 9.11. The molecule has 26 heavy (non-hydrogen) atoms. The van der Waals surface area contributed by atoms with Gasteiger partial charge in [0.25, 0.3) is 0 Å². The smallest absolute Gasteiger partial charge is 0.239 e. The van der Waals surface area contributed by atoms with Crippen molar-refractivity contribution in [2.75, 3.05) is 44.7 Å². The zero-order chi connectivity index (χ0) is 18.2. The van der Waals surface area contributed by atoms with Gasteiger partial charge in [-0.1, -0.05) is 48.5 Å². The summed E-state index contributed by atoms with van der Waals surface area (Å²) in [6, 6.07) is 20.4. The second-order valence-corrected chi connectivity index (χ2v) is 6.71. The van der Waals surface area contributed by atoms with Crippen LogP contribution in [0.15, 0.2) is 60.7 Å². The summed E-state index contributed by atoms with van der Waals surface area (Å²) >= 11 is 0. The number of nitrogens with zero attached hydrogens (tertiary/aromatic N) is 2. The molecule has 0 saturated carbocycles. The normalized spacial score (nSPS) is 17.7. The number of ether oxygens (including phenoxy) is 1. The minimum absolute atomic E-state index is 0.0140. The number of benzene rings is 2. The number of likely N-dealkylation sites (N-methyl/N-ethyl adjacent to an activating group) is 1. The summed E-state index contributed by atoms with van der Waals surface area (Å²) in [5.74, 6) is 0.0140. The van der Waals surface area contributed by atoms with Crippen LogP contribution in [0.5, 0.6) is 0 Å². The van der Waals surface area contributed by atoms with E-state index in [1.165, 1.54) is 5.56 Å². The highest BCUT2D eigenvalue weighted by Gasteiger charge is 2.21. The zero-order valence-corrected chi connectivity index (χ0v) is 15.3. The summed E-state index contributed by atoms with van der Waals surface area (Å²) in [6.07, 6.45) is 0.0402. The van der Waals surface area contributed by atoms with Crippen LogP contribution in [0.2, 0.25) is 0 Å². The van der Waals surface area contributed by atoms with Crippen LogP contribution in [0, 0.1) is 0 Å². The number of morpholine rings is 1. The Balaban J connectivity index is 1.41. The van der Waals surface area contributed by atoms with Crippen LogP contribution in [-0.2, 0) is 16.1 Å². The Bertz CT molecular complexity index is 678. The fourth-order valence-corrected chi connectivity index (χ4v) is 3.16. The lowest BCUT2D eigenvalue weighted by Gasteiger charge is -2.33.